The van der Waals surface area contributed by atoms with Crippen molar-refractivity contribution < 1.29 is 0 Å². The number of nitrogens with one attached hydrogen (secondary N) is 1. The van der Waals surface area contributed by atoms with E-state index in [1.54, 1.807) is 18.3 Å². The summed E-state index contributed by atoms with van der Waals surface area (Å²) in [5, 5.41) is 15.1. The molecule has 0 fully saturated rings. The lowest BCUT2D eigenvalue weighted by atomic mass is 10.2. The van der Waals surface area contributed by atoms with Gasteiger partial charge in [-0.25, -0.2) is 5.01 Å². The number of thioether (sulfide) groups is 1. The van der Waals surface area contributed by atoms with Crippen LogP contribution in [0.5, 0.6) is 0 Å². The fourth-order valence-electron chi connectivity index (χ4n) is 3.01. The molecule has 0 saturated heterocycles. The first-order valence-electron chi connectivity index (χ1n) is 9.02. The van der Waals surface area contributed by atoms with Crippen LogP contribution in [0, 0.1) is 0 Å². The van der Waals surface area contributed by atoms with Crippen molar-refractivity contribution in [2.24, 2.45) is 10.1 Å². The number of fused-ring (bicyclic) bond motifs is 1. The number of rotatable bonds is 3. The number of anilines is 1. The second-order valence-electron chi connectivity index (χ2n) is 6.62. The molecule has 8 heteroatoms. The third kappa shape index (κ3) is 3.79. The van der Waals surface area contributed by atoms with Crippen molar-refractivity contribution in [2.45, 2.75) is 4.90 Å². The van der Waals surface area contributed by atoms with Crippen LogP contribution in [0.2, 0.25) is 0 Å². The van der Waals surface area contributed by atoms with Gasteiger partial charge in [0, 0.05) is 55.1 Å². The lowest BCUT2D eigenvalue weighted by Crippen LogP contribution is -2.25. The first-order valence-corrected chi connectivity index (χ1v) is 9.84. The van der Waals surface area contributed by atoms with Crippen LogP contribution in [0.4, 0.5) is 5.69 Å². The molecule has 0 atom stereocenters. The minimum absolute atomic E-state index is 0.731. The Bertz CT molecular complexity index is 1140. The van der Waals surface area contributed by atoms with Crippen LogP contribution in [0.15, 0.2) is 82.3 Å². The van der Waals surface area contributed by atoms with Gasteiger partial charge in [-0.1, -0.05) is 18.3 Å². The van der Waals surface area contributed by atoms with Gasteiger partial charge in [-0.05, 0) is 36.4 Å². The molecule has 146 valence electrons. The zero-order chi connectivity index (χ0) is 20.4. The van der Waals surface area contributed by atoms with Crippen molar-refractivity contribution in [3.63, 3.8) is 0 Å². The van der Waals surface area contributed by atoms with Crippen LogP contribution >= 0.6 is 11.8 Å². The Balaban J connectivity index is 1.66. The van der Waals surface area contributed by atoms with Gasteiger partial charge >= 0.3 is 0 Å². The second-order valence-corrected chi connectivity index (χ2v) is 7.66. The lowest BCUT2D eigenvalue weighted by Gasteiger charge is -2.24. The first kappa shape index (κ1) is 18.9. The number of hydrogen-bond donors (Lipinski definition) is 1. The van der Waals surface area contributed by atoms with Gasteiger partial charge in [0.05, 0.1) is 23.1 Å². The Hall–Kier alpha value is -3.39. The second kappa shape index (κ2) is 7.92. The molecule has 0 aliphatic carbocycles. The van der Waals surface area contributed by atoms with Crippen molar-refractivity contribution in [2.75, 3.05) is 26.0 Å². The summed E-state index contributed by atoms with van der Waals surface area (Å²) in [5.41, 5.74) is 4.54. The molecule has 3 aromatic rings. The minimum Gasteiger partial charge on any atom is -0.377 e. The highest BCUT2D eigenvalue weighted by atomic mass is 32.2. The topological polar surface area (TPSA) is 72.8 Å². The molecule has 0 saturated carbocycles. The number of pyridine rings is 1. The Morgan fingerprint density at radius 3 is 2.83 bits per heavy atom. The third-order valence-corrected chi connectivity index (χ3v) is 5.49. The summed E-state index contributed by atoms with van der Waals surface area (Å²) in [7, 11) is 5.82. The molecule has 3 heterocycles. The molecular formula is C21H21N7S. The van der Waals surface area contributed by atoms with Crippen molar-refractivity contribution in [3.8, 4) is 0 Å². The van der Waals surface area contributed by atoms with Gasteiger partial charge in [0.1, 0.15) is 0 Å². The van der Waals surface area contributed by atoms with Crippen molar-refractivity contribution in [1.29, 1.82) is 0 Å². The Kier molecular flexibility index (Phi) is 5.18. The summed E-state index contributed by atoms with van der Waals surface area (Å²) in [6, 6.07) is 8.23. The summed E-state index contributed by atoms with van der Waals surface area (Å²) in [6.07, 6.45) is 9.23. The number of aromatic amines is 1. The van der Waals surface area contributed by atoms with Crippen LogP contribution in [-0.4, -0.2) is 52.2 Å². The van der Waals surface area contributed by atoms with Gasteiger partial charge in [0.15, 0.2) is 5.17 Å². The number of hydrogen-bond acceptors (Lipinski definition) is 6. The van der Waals surface area contributed by atoms with Gasteiger partial charge in [0.2, 0.25) is 0 Å². The summed E-state index contributed by atoms with van der Waals surface area (Å²) >= 11 is 1.54. The van der Waals surface area contributed by atoms with Crippen molar-refractivity contribution in [1.82, 2.24) is 20.2 Å². The number of H-pyrrole nitrogens is 1. The maximum Gasteiger partial charge on any atom is 0.189 e. The number of aromatic nitrogens is 3. The summed E-state index contributed by atoms with van der Waals surface area (Å²) in [4.78, 5) is 12.1. The average molecular weight is 404 g/mol. The highest BCUT2D eigenvalue weighted by Crippen LogP contribution is 2.31. The van der Waals surface area contributed by atoms with E-state index in [-0.39, 0.29) is 0 Å². The zero-order valence-electron chi connectivity index (χ0n) is 16.5. The smallest absolute Gasteiger partial charge is 0.189 e. The van der Waals surface area contributed by atoms with E-state index in [1.807, 2.05) is 56.8 Å². The number of nitrogens with zero attached hydrogens (tertiary/aromatic N) is 6. The first-order chi connectivity index (χ1) is 14.1. The molecule has 0 amide bonds. The maximum atomic E-state index is 4.71. The van der Waals surface area contributed by atoms with E-state index in [0.717, 1.165) is 43.6 Å². The lowest BCUT2D eigenvalue weighted by molar-refractivity contribution is 0.577. The molecule has 1 aliphatic rings. The van der Waals surface area contributed by atoms with Gasteiger partial charge in [-0.15, -0.1) is 0 Å². The quantitative estimate of drug-likeness (QED) is 0.408. The SMILES string of the molecule is C=C1C=CC(c2cn[nH]c2)=NN1C(=NC)Sc1ccc2nccc(N(C)C)c2c1. The summed E-state index contributed by atoms with van der Waals surface area (Å²) in [6.45, 7) is 4.11. The predicted octanol–water partition coefficient (Wildman–Crippen LogP) is 3.89. The average Bonchev–Trinajstić information content (AvgIpc) is 3.27. The van der Waals surface area contributed by atoms with Crippen LogP contribution < -0.4 is 4.90 Å². The van der Waals surface area contributed by atoms with Gasteiger partial charge in [-0.2, -0.15) is 10.2 Å². The van der Waals surface area contributed by atoms with E-state index in [0.29, 0.717) is 0 Å². The molecule has 0 radical (unpaired) electrons. The standard InChI is InChI=1S/C21H21N7S/c1-14-5-7-18(15-12-24-25-13-15)26-28(14)21(22-2)29-16-6-8-19-17(11-16)20(27(3)4)9-10-23-19/h5-13H,1H2,2-4H3,(H,24,25). The molecular weight excluding hydrogens is 382 g/mol. The number of hydrazone groups is 1. The summed E-state index contributed by atoms with van der Waals surface area (Å²) in [5.74, 6) is 0. The highest BCUT2D eigenvalue weighted by molar-refractivity contribution is 8.13. The number of aliphatic imine (C=N–C) groups is 1. The number of allylic oxidation sites excluding steroid dienone is 2. The third-order valence-electron chi connectivity index (χ3n) is 4.46. The van der Waals surface area contributed by atoms with E-state index in [1.165, 1.54) is 11.8 Å². The van der Waals surface area contributed by atoms with Crippen LogP contribution in [-0.2, 0) is 0 Å². The van der Waals surface area contributed by atoms with Crippen molar-refractivity contribution in [3.05, 3.63) is 72.8 Å². The van der Waals surface area contributed by atoms with Crippen LogP contribution in [0.3, 0.4) is 0 Å². The van der Waals surface area contributed by atoms with Crippen LogP contribution in [0.1, 0.15) is 5.56 Å². The molecule has 1 aromatic carbocycles. The molecule has 7 nitrogen and oxygen atoms in total. The van der Waals surface area contributed by atoms with Gasteiger partial charge in [-0.3, -0.25) is 15.1 Å². The highest BCUT2D eigenvalue weighted by Gasteiger charge is 2.19. The molecule has 0 bridgehead atoms. The molecule has 0 unspecified atom stereocenters. The number of benzene rings is 1. The molecule has 1 N–H and O–H groups in total. The number of amidine groups is 1. The Morgan fingerprint density at radius 2 is 2.10 bits per heavy atom. The molecule has 4 rings (SSSR count). The zero-order valence-corrected chi connectivity index (χ0v) is 17.3. The minimum atomic E-state index is 0.731. The molecule has 0 spiro atoms. The van der Waals surface area contributed by atoms with E-state index < -0.39 is 0 Å². The fraction of sp³-hybridized carbons (Fsp3) is 0.143. The predicted molar refractivity (Wildman–Crippen MR) is 121 cm³/mol. The largest absolute Gasteiger partial charge is 0.377 e. The fourth-order valence-corrected chi connectivity index (χ4v) is 3.87. The maximum absolute atomic E-state index is 4.71. The molecule has 1 aliphatic heterocycles. The molecule has 2 aromatic heterocycles. The normalized spacial score (nSPS) is 14.4. The van der Waals surface area contributed by atoms with Gasteiger partial charge in [0.25, 0.3) is 0 Å². The van der Waals surface area contributed by atoms with Crippen molar-refractivity contribution >= 4 is 39.2 Å². The van der Waals surface area contributed by atoms with Gasteiger partial charge < -0.3 is 4.90 Å². The summed E-state index contributed by atoms with van der Waals surface area (Å²) < 4.78 is 0. The Morgan fingerprint density at radius 1 is 1.24 bits per heavy atom. The van der Waals surface area contributed by atoms with E-state index >= 15 is 0 Å². The Labute approximate surface area is 173 Å². The van der Waals surface area contributed by atoms with Crippen LogP contribution in [0.25, 0.3) is 10.9 Å². The molecule has 29 heavy (non-hydrogen) atoms. The van der Waals surface area contributed by atoms with E-state index in [4.69, 9.17) is 5.10 Å². The van der Waals surface area contributed by atoms with E-state index in [2.05, 4.69) is 37.7 Å². The van der Waals surface area contributed by atoms with E-state index in [9.17, 15) is 0 Å². The monoisotopic (exact) mass is 403 g/mol.